The second-order valence-corrected chi connectivity index (χ2v) is 7.92. The molecular formula is C23H29ClN2O3. The number of ether oxygens (including phenoxy) is 2. The van der Waals surface area contributed by atoms with Crippen molar-refractivity contribution in [3.63, 3.8) is 0 Å². The van der Waals surface area contributed by atoms with Gasteiger partial charge in [0.05, 0.1) is 19.2 Å². The molecule has 1 N–H and O–H groups in total. The Labute approximate surface area is 177 Å². The summed E-state index contributed by atoms with van der Waals surface area (Å²) in [7, 11) is 3.03. The van der Waals surface area contributed by atoms with Crippen LogP contribution in [-0.4, -0.2) is 37.6 Å². The van der Waals surface area contributed by atoms with E-state index in [4.69, 9.17) is 21.1 Å². The highest BCUT2D eigenvalue weighted by Gasteiger charge is 2.18. The Bertz CT molecular complexity index is 839. The van der Waals surface area contributed by atoms with Gasteiger partial charge in [-0.05, 0) is 49.6 Å². The van der Waals surface area contributed by atoms with Crippen molar-refractivity contribution in [1.82, 2.24) is 10.2 Å². The number of likely N-dealkylation sites (tertiary alicyclic amines) is 1. The van der Waals surface area contributed by atoms with Gasteiger partial charge in [0.1, 0.15) is 0 Å². The molecule has 1 fully saturated rings. The van der Waals surface area contributed by atoms with Gasteiger partial charge in [0.15, 0.2) is 11.5 Å². The standard InChI is InChI=1S/C23H29ClN2O3/c1-16-6-4-5-11-26(16)15-18-9-7-17(8-10-18)14-25-23(27)19-12-20(24)22(29-3)21(13-19)28-2/h7-10,12-13,16H,4-6,11,14-15H2,1-3H3,(H,25,27). The van der Waals surface area contributed by atoms with E-state index in [1.54, 1.807) is 12.1 Å². The molecule has 1 aliphatic heterocycles. The van der Waals surface area contributed by atoms with Crippen LogP contribution >= 0.6 is 11.6 Å². The normalized spacial score (nSPS) is 17.0. The molecule has 5 nitrogen and oxygen atoms in total. The Morgan fingerprint density at radius 3 is 2.52 bits per heavy atom. The fourth-order valence-electron chi connectivity index (χ4n) is 3.72. The van der Waals surface area contributed by atoms with Crippen molar-refractivity contribution in [2.75, 3.05) is 20.8 Å². The fraction of sp³-hybridized carbons (Fsp3) is 0.435. The molecule has 1 atom stereocenters. The van der Waals surface area contributed by atoms with Crippen LogP contribution < -0.4 is 14.8 Å². The first-order valence-corrected chi connectivity index (χ1v) is 10.4. The third kappa shape index (κ3) is 5.43. The molecule has 1 heterocycles. The highest BCUT2D eigenvalue weighted by molar-refractivity contribution is 6.32. The molecular weight excluding hydrogens is 388 g/mol. The molecule has 1 amide bonds. The van der Waals surface area contributed by atoms with Gasteiger partial charge in [0, 0.05) is 24.7 Å². The smallest absolute Gasteiger partial charge is 0.251 e. The molecule has 0 aliphatic carbocycles. The van der Waals surface area contributed by atoms with Crippen molar-refractivity contribution in [1.29, 1.82) is 0 Å². The Hall–Kier alpha value is -2.24. The molecule has 0 radical (unpaired) electrons. The van der Waals surface area contributed by atoms with E-state index in [2.05, 4.69) is 41.4 Å². The number of rotatable bonds is 7. The van der Waals surface area contributed by atoms with Crippen LogP contribution in [0.3, 0.4) is 0 Å². The van der Waals surface area contributed by atoms with E-state index in [0.29, 0.717) is 34.7 Å². The summed E-state index contributed by atoms with van der Waals surface area (Å²) in [6.07, 6.45) is 3.90. The Morgan fingerprint density at radius 1 is 1.14 bits per heavy atom. The molecule has 29 heavy (non-hydrogen) atoms. The van der Waals surface area contributed by atoms with Gasteiger partial charge in [-0.25, -0.2) is 0 Å². The third-order valence-corrected chi connectivity index (χ3v) is 5.78. The summed E-state index contributed by atoms with van der Waals surface area (Å²) in [5.74, 6) is 0.643. The number of piperidine rings is 1. The van der Waals surface area contributed by atoms with Gasteiger partial charge < -0.3 is 14.8 Å². The van der Waals surface area contributed by atoms with Gasteiger partial charge in [-0.1, -0.05) is 42.3 Å². The molecule has 0 saturated carbocycles. The van der Waals surface area contributed by atoms with E-state index in [0.717, 1.165) is 12.1 Å². The second-order valence-electron chi connectivity index (χ2n) is 7.51. The van der Waals surface area contributed by atoms with Crippen LogP contribution in [0.15, 0.2) is 36.4 Å². The third-order valence-electron chi connectivity index (χ3n) is 5.50. The Kier molecular flexibility index (Phi) is 7.40. The Balaban J connectivity index is 1.58. The lowest BCUT2D eigenvalue weighted by molar-refractivity contribution is 0.0950. The van der Waals surface area contributed by atoms with Gasteiger partial charge in [0.2, 0.25) is 0 Å². The van der Waals surface area contributed by atoms with E-state index in [1.165, 1.54) is 45.6 Å². The summed E-state index contributed by atoms with van der Waals surface area (Å²) in [5.41, 5.74) is 2.80. The predicted octanol–water partition coefficient (Wildman–Crippen LogP) is 4.66. The summed E-state index contributed by atoms with van der Waals surface area (Å²) in [4.78, 5) is 15.1. The molecule has 156 valence electrons. The molecule has 0 spiro atoms. The zero-order valence-electron chi connectivity index (χ0n) is 17.3. The number of nitrogens with one attached hydrogen (secondary N) is 1. The average Bonchev–Trinajstić information content (AvgIpc) is 2.74. The summed E-state index contributed by atoms with van der Waals surface area (Å²) in [5, 5.41) is 3.28. The molecule has 0 bridgehead atoms. The number of benzene rings is 2. The number of nitrogens with zero attached hydrogens (tertiary/aromatic N) is 1. The van der Waals surface area contributed by atoms with Crippen molar-refractivity contribution < 1.29 is 14.3 Å². The first-order valence-electron chi connectivity index (χ1n) is 10.0. The first kappa shape index (κ1) is 21.5. The van der Waals surface area contributed by atoms with Crippen molar-refractivity contribution >= 4 is 17.5 Å². The van der Waals surface area contributed by atoms with Crippen LogP contribution in [0.4, 0.5) is 0 Å². The number of carbonyl (C=O) groups is 1. The minimum atomic E-state index is -0.209. The van der Waals surface area contributed by atoms with Gasteiger partial charge in [0.25, 0.3) is 5.91 Å². The maximum atomic E-state index is 12.5. The van der Waals surface area contributed by atoms with Crippen LogP contribution in [0, 0.1) is 0 Å². The number of amides is 1. The fourth-order valence-corrected chi connectivity index (χ4v) is 4.01. The molecule has 2 aromatic rings. The SMILES string of the molecule is COc1cc(C(=O)NCc2ccc(CN3CCCCC3C)cc2)cc(Cl)c1OC. The van der Waals surface area contributed by atoms with Crippen molar-refractivity contribution in [3.05, 3.63) is 58.1 Å². The second kappa shape index (κ2) is 9.99. The van der Waals surface area contributed by atoms with Gasteiger partial charge in [-0.3, -0.25) is 9.69 Å². The number of hydrogen-bond donors (Lipinski definition) is 1. The molecule has 1 unspecified atom stereocenters. The van der Waals surface area contributed by atoms with E-state index >= 15 is 0 Å². The summed E-state index contributed by atoms with van der Waals surface area (Å²) >= 11 is 6.19. The lowest BCUT2D eigenvalue weighted by Crippen LogP contribution is -2.36. The molecule has 1 saturated heterocycles. The molecule has 3 rings (SSSR count). The lowest BCUT2D eigenvalue weighted by atomic mass is 10.0. The molecule has 6 heteroatoms. The summed E-state index contributed by atoms with van der Waals surface area (Å²) < 4.78 is 10.5. The van der Waals surface area contributed by atoms with Crippen LogP contribution in [0.2, 0.25) is 5.02 Å². The van der Waals surface area contributed by atoms with E-state index in [-0.39, 0.29) is 5.91 Å². The monoisotopic (exact) mass is 416 g/mol. The number of carbonyl (C=O) groups excluding carboxylic acids is 1. The average molecular weight is 417 g/mol. The first-order chi connectivity index (χ1) is 14.0. The maximum Gasteiger partial charge on any atom is 0.251 e. The number of hydrogen-bond acceptors (Lipinski definition) is 4. The highest BCUT2D eigenvalue weighted by Crippen LogP contribution is 2.36. The highest BCUT2D eigenvalue weighted by atomic mass is 35.5. The van der Waals surface area contributed by atoms with Crippen molar-refractivity contribution in [3.8, 4) is 11.5 Å². The number of methoxy groups -OCH3 is 2. The van der Waals surface area contributed by atoms with Crippen molar-refractivity contribution in [2.45, 2.75) is 45.3 Å². The molecule has 2 aromatic carbocycles. The van der Waals surface area contributed by atoms with Crippen LogP contribution in [0.5, 0.6) is 11.5 Å². The van der Waals surface area contributed by atoms with Gasteiger partial charge in [-0.15, -0.1) is 0 Å². The van der Waals surface area contributed by atoms with E-state index in [9.17, 15) is 4.79 Å². The van der Waals surface area contributed by atoms with Crippen LogP contribution in [-0.2, 0) is 13.1 Å². The lowest BCUT2D eigenvalue weighted by Gasteiger charge is -2.33. The van der Waals surface area contributed by atoms with E-state index in [1.807, 2.05) is 0 Å². The van der Waals surface area contributed by atoms with Crippen molar-refractivity contribution in [2.24, 2.45) is 0 Å². The zero-order valence-corrected chi connectivity index (χ0v) is 18.1. The topological polar surface area (TPSA) is 50.8 Å². The summed E-state index contributed by atoms with van der Waals surface area (Å²) in [6.45, 7) is 4.92. The van der Waals surface area contributed by atoms with Crippen LogP contribution in [0.1, 0.15) is 47.7 Å². The van der Waals surface area contributed by atoms with Crippen LogP contribution in [0.25, 0.3) is 0 Å². The largest absolute Gasteiger partial charge is 0.493 e. The summed E-state index contributed by atoms with van der Waals surface area (Å²) in [6, 6.07) is 12.3. The Morgan fingerprint density at radius 2 is 1.86 bits per heavy atom. The minimum Gasteiger partial charge on any atom is -0.493 e. The van der Waals surface area contributed by atoms with Gasteiger partial charge in [-0.2, -0.15) is 0 Å². The maximum absolute atomic E-state index is 12.5. The predicted molar refractivity (Wildman–Crippen MR) is 116 cm³/mol. The zero-order chi connectivity index (χ0) is 20.8. The quantitative estimate of drug-likeness (QED) is 0.713. The van der Waals surface area contributed by atoms with E-state index < -0.39 is 0 Å². The minimum absolute atomic E-state index is 0.209. The molecule has 1 aliphatic rings. The number of halogens is 1. The molecule has 0 aromatic heterocycles. The van der Waals surface area contributed by atoms with Gasteiger partial charge >= 0.3 is 0 Å².